The molecule has 0 bridgehead atoms. The van der Waals surface area contributed by atoms with Gasteiger partial charge in [-0.25, -0.2) is 0 Å². The zero-order chi connectivity index (χ0) is 15.1. The van der Waals surface area contributed by atoms with E-state index >= 15 is 0 Å². The first-order valence-corrected chi connectivity index (χ1v) is 7.28. The van der Waals surface area contributed by atoms with Crippen LogP contribution in [0.15, 0.2) is 24.3 Å². The van der Waals surface area contributed by atoms with E-state index < -0.39 is 0 Å². The van der Waals surface area contributed by atoms with Crippen LogP contribution in [-0.2, 0) is 11.2 Å². The van der Waals surface area contributed by atoms with Crippen molar-refractivity contribution >= 4 is 0 Å². The van der Waals surface area contributed by atoms with E-state index in [1.54, 1.807) is 0 Å². The summed E-state index contributed by atoms with van der Waals surface area (Å²) in [7, 11) is 0. The summed E-state index contributed by atoms with van der Waals surface area (Å²) in [5, 5.41) is 17.8. The Bertz CT molecular complexity index is 469. The molecular weight excluding hydrogens is 268 g/mol. The van der Waals surface area contributed by atoms with Crippen molar-refractivity contribution in [3.05, 3.63) is 29.8 Å². The highest BCUT2D eigenvalue weighted by molar-refractivity contribution is 5.28. The van der Waals surface area contributed by atoms with Gasteiger partial charge in [0, 0.05) is 19.1 Å². The lowest BCUT2D eigenvalue weighted by molar-refractivity contribution is -0.0798. The van der Waals surface area contributed by atoms with Crippen LogP contribution >= 0.6 is 0 Å². The Kier molecular flexibility index (Phi) is 6.00. The Morgan fingerprint density at radius 1 is 1.43 bits per heavy atom. The number of rotatable bonds is 6. The van der Waals surface area contributed by atoms with Gasteiger partial charge in [-0.2, -0.15) is 5.26 Å². The molecule has 1 N–H and O–H groups in total. The summed E-state index contributed by atoms with van der Waals surface area (Å²) in [6.07, 6.45) is 0.333. The molecule has 114 valence electrons. The summed E-state index contributed by atoms with van der Waals surface area (Å²) in [6.45, 7) is 4.96. The molecule has 1 fully saturated rings. The van der Waals surface area contributed by atoms with Gasteiger partial charge in [-0.05, 0) is 24.6 Å². The minimum Gasteiger partial charge on any atom is -0.492 e. The fourth-order valence-corrected chi connectivity index (χ4v) is 2.37. The Labute approximate surface area is 125 Å². The normalized spacial score (nSPS) is 22.7. The largest absolute Gasteiger partial charge is 0.492 e. The minimum absolute atomic E-state index is 0.0600. The van der Waals surface area contributed by atoms with Gasteiger partial charge in [-0.15, -0.1) is 0 Å². The highest BCUT2D eigenvalue weighted by Gasteiger charge is 2.25. The molecule has 0 amide bonds. The Balaban J connectivity index is 1.76. The number of aliphatic hydroxyl groups is 1. The van der Waals surface area contributed by atoms with Crippen molar-refractivity contribution < 1.29 is 14.6 Å². The fourth-order valence-electron chi connectivity index (χ4n) is 2.37. The predicted molar refractivity (Wildman–Crippen MR) is 79.1 cm³/mol. The van der Waals surface area contributed by atoms with Crippen LogP contribution < -0.4 is 4.74 Å². The summed E-state index contributed by atoms with van der Waals surface area (Å²) >= 11 is 0. The van der Waals surface area contributed by atoms with Crippen molar-refractivity contribution in [2.75, 3.05) is 32.9 Å². The molecule has 21 heavy (non-hydrogen) atoms. The van der Waals surface area contributed by atoms with Crippen molar-refractivity contribution in [3.8, 4) is 11.8 Å². The van der Waals surface area contributed by atoms with E-state index in [9.17, 15) is 0 Å². The minimum atomic E-state index is -0.0912. The molecule has 0 aliphatic carbocycles. The van der Waals surface area contributed by atoms with Gasteiger partial charge in [-0.1, -0.05) is 12.1 Å². The van der Waals surface area contributed by atoms with E-state index in [1.807, 2.05) is 24.3 Å². The first kappa shape index (κ1) is 15.8. The fraction of sp³-hybridized carbons (Fsp3) is 0.562. The number of aliphatic hydroxyl groups excluding tert-OH is 1. The Hall–Kier alpha value is -1.61. The summed E-state index contributed by atoms with van der Waals surface area (Å²) in [5.74, 6) is 0.816. The Morgan fingerprint density at radius 2 is 2.19 bits per heavy atom. The molecule has 2 unspecified atom stereocenters. The Morgan fingerprint density at radius 3 is 2.86 bits per heavy atom. The first-order valence-electron chi connectivity index (χ1n) is 7.28. The van der Waals surface area contributed by atoms with Gasteiger partial charge >= 0.3 is 0 Å². The van der Waals surface area contributed by atoms with Crippen molar-refractivity contribution in [2.24, 2.45) is 0 Å². The topological polar surface area (TPSA) is 65.7 Å². The number of hydrogen-bond donors (Lipinski definition) is 1. The second-order valence-corrected chi connectivity index (χ2v) is 5.31. The number of morpholine rings is 1. The summed E-state index contributed by atoms with van der Waals surface area (Å²) in [4.78, 5) is 2.27. The van der Waals surface area contributed by atoms with E-state index in [2.05, 4.69) is 17.9 Å². The van der Waals surface area contributed by atoms with Crippen LogP contribution in [0.5, 0.6) is 5.75 Å². The summed E-state index contributed by atoms with van der Waals surface area (Å²) in [6, 6.07) is 10.1. The van der Waals surface area contributed by atoms with E-state index in [4.69, 9.17) is 19.8 Å². The number of benzene rings is 1. The zero-order valence-corrected chi connectivity index (χ0v) is 12.4. The van der Waals surface area contributed by atoms with Gasteiger partial charge in [0.15, 0.2) is 0 Å². The van der Waals surface area contributed by atoms with E-state index in [1.165, 1.54) is 0 Å². The van der Waals surface area contributed by atoms with Gasteiger partial charge in [0.05, 0.1) is 31.8 Å². The molecule has 1 saturated heterocycles. The second-order valence-electron chi connectivity index (χ2n) is 5.31. The van der Waals surface area contributed by atoms with Gasteiger partial charge in [-0.3, -0.25) is 4.90 Å². The monoisotopic (exact) mass is 290 g/mol. The molecule has 0 radical (unpaired) electrons. The predicted octanol–water partition coefficient (Wildman–Crippen LogP) is 1.21. The van der Waals surface area contributed by atoms with Crippen molar-refractivity contribution in [1.82, 2.24) is 4.90 Å². The van der Waals surface area contributed by atoms with E-state index in [0.717, 1.165) is 24.4 Å². The number of hydrogen-bond acceptors (Lipinski definition) is 5. The highest BCUT2D eigenvalue weighted by atomic mass is 16.5. The second kappa shape index (κ2) is 7.99. The molecule has 0 spiro atoms. The van der Waals surface area contributed by atoms with E-state index in [0.29, 0.717) is 25.7 Å². The molecule has 1 aromatic carbocycles. The number of nitriles is 1. The molecule has 1 aromatic rings. The number of nitrogens with zero attached hydrogens (tertiary/aromatic N) is 2. The lowest BCUT2D eigenvalue weighted by atomic mass is 10.2. The van der Waals surface area contributed by atoms with Crippen LogP contribution in [0, 0.1) is 11.3 Å². The molecule has 2 rings (SSSR count). The molecule has 5 nitrogen and oxygen atoms in total. The molecule has 1 heterocycles. The maximum atomic E-state index is 9.16. The van der Waals surface area contributed by atoms with Crippen LogP contribution in [0.25, 0.3) is 0 Å². The molecule has 1 aliphatic heterocycles. The van der Waals surface area contributed by atoms with Crippen LogP contribution in [0.1, 0.15) is 12.5 Å². The van der Waals surface area contributed by atoms with Crippen LogP contribution in [0.4, 0.5) is 0 Å². The number of ether oxygens (including phenoxy) is 2. The summed E-state index contributed by atoms with van der Waals surface area (Å²) < 4.78 is 11.2. The molecule has 5 heteroatoms. The lowest BCUT2D eigenvalue weighted by Gasteiger charge is -2.37. The first-order chi connectivity index (χ1) is 10.2. The van der Waals surface area contributed by atoms with Crippen molar-refractivity contribution in [2.45, 2.75) is 25.5 Å². The van der Waals surface area contributed by atoms with E-state index in [-0.39, 0.29) is 12.7 Å². The van der Waals surface area contributed by atoms with Gasteiger partial charge in [0.1, 0.15) is 12.4 Å². The summed E-state index contributed by atoms with van der Waals surface area (Å²) in [5.41, 5.74) is 0.998. The average Bonchev–Trinajstić information content (AvgIpc) is 2.51. The zero-order valence-electron chi connectivity index (χ0n) is 12.4. The molecular formula is C16H22N2O3. The molecule has 0 saturated carbocycles. The van der Waals surface area contributed by atoms with Crippen LogP contribution in [0.3, 0.4) is 0 Å². The third kappa shape index (κ3) is 4.71. The molecule has 1 aliphatic rings. The quantitative estimate of drug-likeness (QED) is 0.853. The maximum absolute atomic E-state index is 9.16. The molecule has 0 aromatic heterocycles. The van der Waals surface area contributed by atoms with Crippen LogP contribution in [0.2, 0.25) is 0 Å². The maximum Gasteiger partial charge on any atom is 0.119 e. The average molecular weight is 290 g/mol. The van der Waals surface area contributed by atoms with Gasteiger partial charge in [0.2, 0.25) is 0 Å². The highest BCUT2D eigenvalue weighted by Crippen LogP contribution is 2.14. The molecule has 2 atom stereocenters. The standard InChI is InChI=1S/C16H22N2O3/c1-13-12-21-16(11-19)10-18(13)8-9-20-15-4-2-14(3-5-15)6-7-17/h2-5,13,16,19H,6,8-12H2,1H3. The lowest BCUT2D eigenvalue weighted by Crippen LogP contribution is -2.50. The third-order valence-electron chi connectivity index (χ3n) is 3.69. The van der Waals surface area contributed by atoms with Gasteiger partial charge in [0.25, 0.3) is 0 Å². The SMILES string of the molecule is CC1COC(CO)CN1CCOc1ccc(CC#N)cc1. The van der Waals surface area contributed by atoms with Gasteiger partial charge < -0.3 is 14.6 Å². The smallest absolute Gasteiger partial charge is 0.119 e. The third-order valence-corrected chi connectivity index (χ3v) is 3.69. The van der Waals surface area contributed by atoms with Crippen LogP contribution in [-0.4, -0.2) is 55.1 Å². The van der Waals surface area contributed by atoms with Crippen molar-refractivity contribution in [1.29, 1.82) is 5.26 Å². The van der Waals surface area contributed by atoms with Crippen molar-refractivity contribution in [3.63, 3.8) is 0 Å².